The molecule has 0 radical (unpaired) electrons. The highest BCUT2D eigenvalue weighted by Gasteiger charge is 2.15. The number of hydrogen-bond donors (Lipinski definition) is 2. The van der Waals surface area contributed by atoms with Gasteiger partial charge >= 0.3 is 6.01 Å². The van der Waals surface area contributed by atoms with Gasteiger partial charge in [-0.2, -0.15) is 15.0 Å². The predicted molar refractivity (Wildman–Crippen MR) is 81.8 cm³/mol. The molecular formula is C14H25N5O2. The Morgan fingerprint density at radius 2 is 2.00 bits per heavy atom. The number of aromatic nitrogens is 3. The van der Waals surface area contributed by atoms with Gasteiger partial charge in [0.25, 0.3) is 0 Å². The van der Waals surface area contributed by atoms with Gasteiger partial charge in [0.05, 0.1) is 6.61 Å². The quantitative estimate of drug-likeness (QED) is 0.720. The molecule has 118 valence electrons. The van der Waals surface area contributed by atoms with Crippen molar-refractivity contribution in [3.63, 3.8) is 0 Å². The summed E-state index contributed by atoms with van der Waals surface area (Å²) in [5.41, 5.74) is 0. The summed E-state index contributed by atoms with van der Waals surface area (Å²) in [5, 5.41) is 6.34. The third-order valence-corrected chi connectivity index (χ3v) is 3.24. The number of hydrogen-bond acceptors (Lipinski definition) is 7. The molecule has 1 aromatic rings. The van der Waals surface area contributed by atoms with Gasteiger partial charge < -0.3 is 20.1 Å². The van der Waals surface area contributed by atoms with E-state index in [4.69, 9.17) is 9.47 Å². The number of rotatable bonds is 9. The van der Waals surface area contributed by atoms with Crippen molar-refractivity contribution in [1.29, 1.82) is 0 Å². The smallest absolute Gasteiger partial charge is 0.323 e. The fourth-order valence-electron chi connectivity index (χ4n) is 2.13. The Hall–Kier alpha value is -1.63. The monoisotopic (exact) mass is 295 g/mol. The minimum absolute atomic E-state index is 0.370. The second-order valence-corrected chi connectivity index (χ2v) is 5.09. The van der Waals surface area contributed by atoms with Crippen LogP contribution in [0.15, 0.2) is 0 Å². The molecule has 1 atom stereocenters. The first kappa shape index (κ1) is 15.8. The Balaban J connectivity index is 1.90. The molecule has 2 N–H and O–H groups in total. The van der Waals surface area contributed by atoms with Crippen LogP contribution in [0.1, 0.15) is 33.1 Å². The van der Waals surface area contributed by atoms with Crippen molar-refractivity contribution in [2.45, 2.75) is 33.1 Å². The molecule has 2 heterocycles. The molecule has 0 saturated carbocycles. The number of nitrogens with one attached hydrogen (secondary N) is 2. The van der Waals surface area contributed by atoms with Crippen molar-refractivity contribution in [2.75, 3.05) is 43.5 Å². The largest absolute Gasteiger partial charge is 0.463 e. The predicted octanol–water partition coefficient (Wildman–Crippen LogP) is 1.93. The highest BCUT2D eigenvalue weighted by atomic mass is 16.5. The van der Waals surface area contributed by atoms with E-state index >= 15 is 0 Å². The molecule has 1 aliphatic heterocycles. The van der Waals surface area contributed by atoms with Crippen LogP contribution in [0.2, 0.25) is 0 Å². The van der Waals surface area contributed by atoms with E-state index in [9.17, 15) is 0 Å². The zero-order chi connectivity index (χ0) is 14.9. The second-order valence-electron chi connectivity index (χ2n) is 5.09. The SMILES string of the molecule is CCCOc1nc(NCC)nc(NCCC2CCOC2)n1. The first-order valence-electron chi connectivity index (χ1n) is 7.76. The van der Waals surface area contributed by atoms with E-state index in [0.717, 1.165) is 45.6 Å². The zero-order valence-electron chi connectivity index (χ0n) is 12.9. The van der Waals surface area contributed by atoms with E-state index in [2.05, 4.69) is 32.5 Å². The molecule has 7 heteroatoms. The lowest BCUT2D eigenvalue weighted by atomic mass is 10.1. The van der Waals surface area contributed by atoms with E-state index in [1.165, 1.54) is 0 Å². The molecular weight excluding hydrogens is 270 g/mol. The fraction of sp³-hybridized carbons (Fsp3) is 0.786. The van der Waals surface area contributed by atoms with E-state index in [-0.39, 0.29) is 0 Å². The van der Waals surface area contributed by atoms with Gasteiger partial charge in [-0.25, -0.2) is 0 Å². The topological polar surface area (TPSA) is 81.2 Å². The molecule has 0 aromatic carbocycles. The van der Waals surface area contributed by atoms with Crippen LogP contribution in [-0.2, 0) is 4.74 Å². The van der Waals surface area contributed by atoms with Crippen molar-refractivity contribution in [1.82, 2.24) is 15.0 Å². The van der Waals surface area contributed by atoms with Crippen molar-refractivity contribution in [3.8, 4) is 6.01 Å². The maximum atomic E-state index is 5.50. The molecule has 0 spiro atoms. The first-order chi connectivity index (χ1) is 10.3. The lowest BCUT2D eigenvalue weighted by Gasteiger charge is -2.11. The summed E-state index contributed by atoms with van der Waals surface area (Å²) in [6, 6.07) is 0.370. The lowest BCUT2D eigenvalue weighted by Crippen LogP contribution is -2.14. The maximum Gasteiger partial charge on any atom is 0.323 e. The highest BCUT2D eigenvalue weighted by molar-refractivity contribution is 5.35. The third kappa shape index (κ3) is 5.34. The molecule has 1 aliphatic rings. The highest BCUT2D eigenvalue weighted by Crippen LogP contribution is 2.17. The molecule has 21 heavy (non-hydrogen) atoms. The number of ether oxygens (including phenoxy) is 2. The average molecular weight is 295 g/mol. The standard InChI is InChI=1S/C14H25N5O2/c1-3-8-21-14-18-12(15-4-2)17-13(19-14)16-7-5-11-6-9-20-10-11/h11H,3-10H2,1-2H3,(H2,15,16,17,18,19). The Kier molecular flexibility index (Phi) is 6.46. The molecule has 7 nitrogen and oxygen atoms in total. The second kappa shape index (κ2) is 8.61. The fourth-order valence-corrected chi connectivity index (χ4v) is 2.13. The summed E-state index contributed by atoms with van der Waals surface area (Å²) in [5.74, 6) is 1.75. The van der Waals surface area contributed by atoms with Crippen LogP contribution >= 0.6 is 0 Å². The minimum Gasteiger partial charge on any atom is -0.463 e. The van der Waals surface area contributed by atoms with E-state index < -0.39 is 0 Å². The molecule has 0 bridgehead atoms. The Morgan fingerprint density at radius 1 is 1.19 bits per heavy atom. The molecule has 2 rings (SSSR count). The van der Waals surface area contributed by atoms with Gasteiger partial charge in [-0.1, -0.05) is 6.92 Å². The van der Waals surface area contributed by atoms with Crippen LogP contribution in [0.5, 0.6) is 6.01 Å². The van der Waals surface area contributed by atoms with Crippen LogP contribution in [0.4, 0.5) is 11.9 Å². The molecule has 1 saturated heterocycles. The summed E-state index contributed by atoms with van der Waals surface area (Å²) >= 11 is 0. The van der Waals surface area contributed by atoms with Crippen molar-refractivity contribution >= 4 is 11.9 Å². The average Bonchev–Trinajstić information content (AvgIpc) is 2.99. The Bertz CT molecular complexity index is 424. The molecule has 0 amide bonds. The first-order valence-corrected chi connectivity index (χ1v) is 7.76. The Morgan fingerprint density at radius 3 is 2.67 bits per heavy atom. The van der Waals surface area contributed by atoms with Gasteiger partial charge in [0.1, 0.15) is 0 Å². The van der Waals surface area contributed by atoms with Crippen molar-refractivity contribution in [3.05, 3.63) is 0 Å². The molecule has 1 aromatic heterocycles. The van der Waals surface area contributed by atoms with Gasteiger partial charge in [0, 0.05) is 26.3 Å². The van der Waals surface area contributed by atoms with Crippen LogP contribution in [-0.4, -0.2) is 47.9 Å². The van der Waals surface area contributed by atoms with Crippen LogP contribution < -0.4 is 15.4 Å². The van der Waals surface area contributed by atoms with Gasteiger partial charge in [0.15, 0.2) is 0 Å². The van der Waals surface area contributed by atoms with Crippen LogP contribution in [0, 0.1) is 5.92 Å². The summed E-state index contributed by atoms with van der Waals surface area (Å²) < 4.78 is 10.9. The van der Waals surface area contributed by atoms with Crippen LogP contribution in [0.3, 0.4) is 0 Å². The summed E-state index contributed by atoms with van der Waals surface area (Å²) in [7, 11) is 0. The number of nitrogens with zero attached hydrogens (tertiary/aromatic N) is 3. The van der Waals surface area contributed by atoms with E-state index in [1.54, 1.807) is 0 Å². The van der Waals surface area contributed by atoms with Gasteiger partial charge in [-0.3, -0.25) is 0 Å². The van der Waals surface area contributed by atoms with E-state index in [1.807, 2.05) is 6.92 Å². The molecule has 1 unspecified atom stereocenters. The van der Waals surface area contributed by atoms with Gasteiger partial charge in [-0.15, -0.1) is 0 Å². The van der Waals surface area contributed by atoms with Gasteiger partial charge in [-0.05, 0) is 32.1 Å². The van der Waals surface area contributed by atoms with Crippen LogP contribution in [0.25, 0.3) is 0 Å². The normalized spacial score (nSPS) is 17.7. The lowest BCUT2D eigenvalue weighted by molar-refractivity contribution is 0.185. The minimum atomic E-state index is 0.370. The number of anilines is 2. The molecule has 1 fully saturated rings. The molecule has 0 aliphatic carbocycles. The zero-order valence-corrected chi connectivity index (χ0v) is 12.9. The van der Waals surface area contributed by atoms with Gasteiger partial charge in [0.2, 0.25) is 11.9 Å². The maximum absolute atomic E-state index is 5.50. The van der Waals surface area contributed by atoms with Crippen molar-refractivity contribution < 1.29 is 9.47 Å². The summed E-state index contributed by atoms with van der Waals surface area (Å²) in [6.45, 7) is 8.00. The third-order valence-electron chi connectivity index (χ3n) is 3.24. The summed E-state index contributed by atoms with van der Waals surface area (Å²) in [4.78, 5) is 12.9. The van der Waals surface area contributed by atoms with E-state index in [0.29, 0.717) is 30.4 Å². The Labute approximate surface area is 125 Å². The summed E-state index contributed by atoms with van der Waals surface area (Å²) in [6.07, 6.45) is 3.13. The van der Waals surface area contributed by atoms with Crippen molar-refractivity contribution in [2.24, 2.45) is 5.92 Å².